The van der Waals surface area contributed by atoms with Gasteiger partial charge in [-0.05, 0) is 44.5 Å². The molecule has 9 heteroatoms. The molecule has 4 rings (SSSR count). The van der Waals surface area contributed by atoms with Gasteiger partial charge >= 0.3 is 0 Å². The number of methoxy groups -OCH3 is 2. The van der Waals surface area contributed by atoms with E-state index in [4.69, 9.17) is 9.47 Å². The fraction of sp³-hybridized carbons (Fsp3) is 0.333. The highest BCUT2D eigenvalue weighted by Crippen LogP contribution is 2.45. The molecule has 1 aromatic carbocycles. The van der Waals surface area contributed by atoms with E-state index in [0.717, 1.165) is 28.2 Å². The van der Waals surface area contributed by atoms with Crippen LogP contribution in [0.4, 0.5) is 5.82 Å². The lowest BCUT2D eigenvalue weighted by molar-refractivity contribution is -0.116. The number of aromatic nitrogens is 4. The second-order valence-corrected chi connectivity index (χ2v) is 7.29. The Labute approximate surface area is 173 Å². The molecule has 9 nitrogen and oxygen atoms in total. The predicted molar refractivity (Wildman–Crippen MR) is 110 cm³/mol. The Bertz CT molecular complexity index is 1110. The number of anilines is 1. The Morgan fingerprint density at radius 3 is 2.23 bits per heavy atom. The Kier molecular flexibility index (Phi) is 4.81. The summed E-state index contributed by atoms with van der Waals surface area (Å²) in [6, 6.07) is 5.31. The second kappa shape index (κ2) is 7.33. The number of ether oxygens (including phenoxy) is 2. The van der Waals surface area contributed by atoms with Gasteiger partial charge in [0.05, 0.1) is 19.9 Å². The first-order valence-electron chi connectivity index (χ1n) is 9.49. The van der Waals surface area contributed by atoms with E-state index in [1.54, 1.807) is 16.8 Å². The molecule has 0 fully saturated rings. The fourth-order valence-corrected chi connectivity index (χ4v) is 3.89. The molecule has 0 unspecified atom stereocenters. The van der Waals surface area contributed by atoms with Crippen LogP contribution < -0.4 is 14.8 Å². The summed E-state index contributed by atoms with van der Waals surface area (Å²) in [5.41, 5.74) is 4.02. The number of nitrogens with zero attached hydrogens (tertiary/aromatic N) is 4. The zero-order valence-electron chi connectivity index (χ0n) is 17.5. The van der Waals surface area contributed by atoms with E-state index in [1.165, 1.54) is 14.2 Å². The number of benzene rings is 1. The van der Waals surface area contributed by atoms with Crippen LogP contribution in [-0.4, -0.2) is 45.0 Å². The lowest BCUT2D eigenvalue weighted by Gasteiger charge is -2.25. The molecule has 0 saturated carbocycles. The number of rotatable bonds is 4. The standard InChI is InChI=1S/C21H23N5O4/c1-10-6-11(2)23-21(22-10)26-20-18(12(3)25-26)14(9-17(27)24-20)13-7-15(29-4)19(28)16(8-13)30-5/h6-8,14,28H,9H2,1-5H3,(H,24,27)/t14-/m1/s1. The van der Waals surface area contributed by atoms with E-state index >= 15 is 0 Å². The van der Waals surface area contributed by atoms with Gasteiger partial charge in [0.25, 0.3) is 5.95 Å². The number of carbonyl (C=O) groups excluding carboxylic acids is 1. The number of nitrogens with one attached hydrogen (secondary N) is 1. The van der Waals surface area contributed by atoms with Gasteiger partial charge in [-0.15, -0.1) is 0 Å². The largest absolute Gasteiger partial charge is 0.502 e. The smallest absolute Gasteiger partial charge is 0.252 e. The van der Waals surface area contributed by atoms with E-state index in [2.05, 4.69) is 20.4 Å². The Hall–Kier alpha value is -3.62. The third-order valence-corrected chi connectivity index (χ3v) is 5.17. The summed E-state index contributed by atoms with van der Waals surface area (Å²) in [6.07, 6.45) is 0.227. The number of aryl methyl sites for hydroxylation is 3. The summed E-state index contributed by atoms with van der Waals surface area (Å²) in [7, 11) is 2.94. The molecule has 1 atom stereocenters. The average molecular weight is 409 g/mol. The maximum absolute atomic E-state index is 12.6. The monoisotopic (exact) mass is 409 g/mol. The van der Waals surface area contributed by atoms with Crippen LogP contribution >= 0.6 is 0 Å². The molecule has 0 radical (unpaired) electrons. The van der Waals surface area contributed by atoms with Crippen LogP contribution in [0.25, 0.3) is 5.95 Å². The van der Waals surface area contributed by atoms with Crippen LogP contribution in [0.3, 0.4) is 0 Å². The summed E-state index contributed by atoms with van der Waals surface area (Å²) < 4.78 is 12.2. The molecular formula is C21H23N5O4. The molecule has 2 aromatic heterocycles. The highest BCUT2D eigenvalue weighted by Gasteiger charge is 2.34. The van der Waals surface area contributed by atoms with Gasteiger partial charge in [-0.25, -0.2) is 9.97 Å². The SMILES string of the molecule is COc1cc([C@H]2CC(=O)Nc3c2c(C)nn3-c2nc(C)cc(C)n2)cc(OC)c1O. The van der Waals surface area contributed by atoms with E-state index in [-0.39, 0.29) is 35.5 Å². The van der Waals surface area contributed by atoms with Crippen molar-refractivity contribution in [3.8, 4) is 23.2 Å². The second-order valence-electron chi connectivity index (χ2n) is 7.29. The first kappa shape index (κ1) is 19.7. The van der Waals surface area contributed by atoms with Crippen molar-refractivity contribution in [2.75, 3.05) is 19.5 Å². The minimum absolute atomic E-state index is 0.0831. The highest BCUT2D eigenvalue weighted by atomic mass is 16.5. The summed E-state index contributed by atoms with van der Waals surface area (Å²) in [5.74, 6) is 0.976. The maximum Gasteiger partial charge on any atom is 0.252 e. The first-order valence-corrected chi connectivity index (χ1v) is 9.49. The molecule has 0 spiro atoms. The van der Waals surface area contributed by atoms with Crippen molar-refractivity contribution >= 4 is 11.7 Å². The molecule has 156 valence electrons. The van der Waals surface area contributed by atoms with Gasteiger partial charge in [0.15, 0.2) is 11.5 Å². The Morgan fingerprint density at radius 2 is 1.67 bits per heavy atom. The predicted octanol–water partition coefficient (Wildman–Crippen LogP) is 2.78. The summed E-state index contributed by atoms with van der Waals surface area (Å²) >= 11 is 0. The first-order chi connectivity index (χ1) is 14.3. The van der Waals surface area contributed by atoms with Gasteiger partial charge in [-0.3, -0.25) is 4.79 Å². The number of amides is 1. The lowest BCUT2D eigenvalue weighted by atomic mass is 9.85. The lowest BCUT2D eigenvalue weighted by Crippen LogP contribution is -2.25. The molecule has 2 N–H and O–H groups in total. The zero-order chi connectivity index (χ0) is 21.6. The van der Waals surface area contributed by atoms with Crippen molar-refractivity contribution in [1.29, 1.82) is 0 Å². The van der Waals surface area contributed by atoms with Crippen LogP contribution in [-0.2, 0) is 4.79 Å². The number of carbonyl (C=O) groups is 1. The van der Waals surface area contributed by atoms with E-state index in [1.807, 2.05) is 26.8 Å². The third-order valence-electron chi connectivity index (χ3n) is 5.17. The van der Waals surface area contributed by atoms with Crippen LogP contribution in [0.2, 0.25) is 0 Å². The number of hydrogen-bond donors (Lipinski definition) is 2. The maximum atomic E-state index is 12.6. The Morgan fingerprint density at radius 1 is 1.07 bits per heavy atom. The molecule has 30 heavy (non-hydrogen) atoms. The van der Waals surface area contributed by atoms with Crippen LogP contribution in [0.5, 0.6) is 17.2 Å². The number of fused-ring (bicyclic) bond motifs is 1. The molecule has 0 saturated heterocycles. The van der Waals surface area contributed by atoms with Gasteiger partial charge in [-0.1, -0.05) is 0 Å². The molecule has 1 aliphatic rings. The van der Waals surface area contributed by atoms with Crippen LogP contribution in [0.15, 0.2) is 18.2 Å². The molecular weight excluding hydrogens is 386 g/mol. The summed E-state index contributed by atoms with van der Waals surface area (Å²) in [4.78, 5) is 21.6. The summed E-state index contributed by atoms with van der Waals surface area (Å²) in [6.45, 7) is 5.66. The van der Waals surface area contributed by atoms with Crippen molar-refractivity contribution in [3.05, 3.63) is 46.4 Å². The number of phenols is 1. The normalized spacial score (nSPS) is 15.5. The van der Waals surface area contributed by atoms with Crippen molar-refractivity contribution in [1.82, 2.24) is 19.7 Å². The van der Waals surface area contributed by atoms with Crippen molar-refractivity contribution in [2.24, 2.45) is 0 Å². The van der Waals surface area contributed by atoms with Crippen molar-refractivity contribution in [2.45, 2.75) is 33.1 Å². The topological polar surface area (TPSA) is 111 Å². The molecule has 3 aromatic rings. The quantitative estimate of drug-likeness (QED) is 0.681. The molecule has 0 aliphatic carbocycles. The highest BCUT2D eigenvalue weighted by molar-refractivity contribution is 5.95. The molecule has 1 amide bonds. The average Bonchev–Trinajstić information content (AvgIpc) is 3.03. The number of phenolic OH excluding ortho intramolecular Hbond substituents is 1. The number of aromatic hydroxyl groups is 1. The number of hydrogen-bond acceptors (Lipinski definition) is 7. The van der Waals surface area contributed by atoms with E-state index in [9.17, 15) is 9.90 Å². The van der Waals surface area contributed by atoms with Gasteiger partial charge in [0.2, 0.25) is 11.7 Å². The van der Waals surface area contributed by atoms with E-state index in [0.29, 0.717) is 11.8 Å². The van der Waals surface area contributed by atoms with Gasteiger partial charge < -0.3 is 19.9 Å². The van der Waals surface area contributed by atoms with Crippen molar-refractivity contribution < 1.29 is 19.4 Å². The minimum atomic E-state index is -0.295. The zero-order valence-corrected chi connectivity index (χ0v) is 17.5. The minimum Gasteiger partial charge on any atom is -0.502 e. The molecule has 0 bridgehead atoms. The van der Waals surface area contributed by atoms with Gasteiger partial charge in [-0.2, -0.15) is 9.78 Å². The summed E-state index contributed by atoms with van der Waals surface area (Å²) in [5, 5.41) is 17.8. The molecule has 1 aliphatic heterocycles. The van der Waals surface area contributed by atoms with Gasteiger partial charge in [0.1, 0.15) is 5.82 Å². The van der Waals surface area contributed by atoms with E-state index < -0.39 is 0 Å². The molecule has 3 heterocycles. The Balaban J connectivity index is 1.90. The fourth-order valence-electron chi connectivity index (χ4n) is 3.89. The third kappa shape index (κ3) is 3.22. The van der Waals surface area contributed by atoms with Crippen molar-refractivity contribution in [3.63, 3.8) is 0 Å². The van der Waals surface area contributed by atoms with Gasteiger partial charge in [0, 0.05) is 29.3 Å². The van der Waals surface area contributed by atoms with Crippen LogP contribution in [0, 0.1) is 20.8 Å². The van der Waals surface area contributed by atoms with Crippen LogP contribution in [0.1, 0.15) is 40.5 Å².